The van der Waals surface area contributed by atoms with Gasteiger partial charge in [-0.1, -0.05) is 48.6 Å². The molecule has 1 unspecified atom stereocenters. The fraction of sp³-hybridized carbons (Fsp3) is 0.0417. The zero-order valence-corrected chi connectivity index (χ0v) is 13.3. The van der Waals surface area contributed by atoms with Crippen LogP contribution < -0.4 is 0 Å². The van der Waals surface area contributed by atoms with Gasteiger partial charge in [0.25, 0.3) is 0 Å². The van der Waals surface area contributed by atoms with Crippen molar-refractivity contribution in [2.45, 2.75) is 5.92 Å². The lowest BCUT2D eigenvalue weighted by Gasteiger charge is -2.11. The summed E-state index contributed by atoms with van der Waals surface area (Å²) in [7, 11) is 0. The van der Waals surface area contributed by atoms with Gasteiger partial charge in [0.2, 0.25) is 0 Å². The van der Waals surface area contributed by atoms with Gasteiger partial charge >= 0.3 is 0 Å². The quantitative estimate of drug-likeness (QED) is 0.355. The van der Waals surface area contributed by atoms with Gasteiger partial charge in [0, 0.05) is 46.7 Å². The lowest BCUT2D eigenvalue weighted by molar-refractivity contribution is 1.08. The van der Waals surface area contributed by atoms with Crippen molar-refractivity contribution >= 4 is 27.6 Å². The highest BCUT2D eigenvalue weighted by Gasteiger charge is 2.25. The summed E-state index contributed by atoms with van der Waals surface area (Å²) in [6, 6.07) is 30.7. The van der Waals surface area contributed by atoms with Gasteiger partial charge in [-0.15, -0.1) is 0 Å². The van der Waals surface area contributed by atoms with E-state index in [1.54, 1.807) is 0 Å². The molecule has 5 rings (SSSR count). The van der Waals surface area contributed by atoms with E-state index in [0.717, 1.165) is 0 Å². The molecule has 0 amide bonds. The zero-order valence-electron chi connectivity index (χ0n) is 13.3. The number of fused-ring (bicyclic) bond motifs is 3. The summed E-state index contributed by atoms with van der Waals surface area (Å²) in [5.41, 5.74) is 4.15. The topological polar surface area (TPSA) is 0 Å². The van der Waals surface area contributed by atoms with Crippen LogP contribution in [-0.4, -0.2) is 0 Å². The van der Waals surface area contributed by atoms with E-state index in [-0.39, 0.29) is 0 Å². The molecule has 112 valence electrons. The maximum atomic E-state index is 2.35. The molecule has 0 N–H and O–H groups in total. The molecule has 4 aromatic carbocycles. The normalized spacial score (nSPS) is 15.8. The van der Waals surface area contributed by atoms with Gasteiger partial charge in [0.15, 0.2) is 0 Å². The monoisotopic (exact) mass is 305 g/mol. The molecular formula is C24H17+. The highest BCUT2D eigenvalue weighted by Crippen LogP contribution is 2.41. The van der Waals surface area contributed by atoms with E-state index >= 15 is 0 Å². The Balaban J connectivity index is 1.95. The number of rotatable bonds is 1. The Morgan fingerprint density at radius 2 is 1.54 bits per heavy atom. The molecule has 0 saturated carbocycles. The molecule has 0 heteroatoms. The van der Waals surface area contributed by atoms with Crippen LogP contribution in [0.5, 0.6) is 0 Å². The van der Waals surface area contributed by atoms with Gasteiger partial charge in [0.1, 0.15) is 0 Å². The maximum absolute atomic E-state index is 2.35. The molecule has 4 aromatic rings. The van der Waals surface area contributed by atoms with E-state index in [4.69, 9.17) is 0 Å². The van der Waals surface area contributed by atoms with Crippen molar-refractivity contribution < 1.29 is 0 Å². The van der Waals surface area contributed by atoms with Gasteiger partial charge in [-0.3, -0.25) is 0 Å². The summed E-state index contributed by atoms with van der Waals surface area (Å²) in [6.45, 7) is 0. The molecule has 0 aliphatic heterocycles. The van der Waals surface area contributed by atoms with Crippen LogP contribution in [-0.2, 0) is 0 Å². The summed E-state index contributed by atoms with van der Waals surface area (Å²) in [6.07, 6.45) is 4.61. The third kappa shape index (κ3) is 1.97. The second kappa shape index (κ2) is 5.28. The van der Waals surface area contributed by atoms with Crippen molar-refractivity contribution in [3.8, 4) is 0 Å². The van der Waals surface area contributed by atoms with E-state index in [1.165, 1.54) is 38.2 Å². The molecule has 1 aliphatic rings. The van der Waals surface area contributed by atoms with Crippen molar-refractivity contribution in [1.29, 1.82) is 0 Å². The molecule has 0 bridgehead atoms. The number of hydrogen-bond donors (Lipinski definition) is 0. The number of allylic oxidation sites excluding steroid dienone is 1. The molecule has 0 heterocycles. The highest BCUT2D eigenvalue weighted by atomic mass is 14.2. The van der Waals surface area contributed by atoms with E-state index in [2.05, 4.69) is 97.1 Å². The first-order valence-electron chi connectivity index (χ1n) is 8.43. The van der Waals surface area contributed by atoms with Crippen LogP contribution in [0.4, 0.5) is 0 Å². The Labute approximate surface area is 141 Å². The molecule has 0 spiro atoms. The molecule has 0 saturated heterocycles. The van der Waals surface area contributed by atoms with Crippen molar-refractivity contribution in [2.24, 2.45) is 0 Å². The first-order chi connectivity index (χ1) is 11.9. The second-order valence-corrected chi connectivity index (χ2v) is 6.39. The molecule has 0 aromatic heterocycles. The first kappa shape index (κ1) is 13.4. The third-order valence-electron chi connectivity index (χ3n) is 5.05. The lowest BCUT2D eigenvalue weighted by Crippen LogP contribution is -1.97. The molecule has 0 nitrogen and oxygen atoms in total. The molecule has 24 heavy (non-hydrogen) atoms. The fourth-order valence-corrected chi connectivity index (χ4v) is 3.94. The van der Waals surface area contributed by atoms with Crippen molar-refractivity contribution in [3.63, 3.8) is 0 Å². The van der Waals surface area contributed by atoms with Gasteiger partial charge in [0.05, 0.1) is 16.7 Å². The predicted molar refractivity (Wildman–Crippen MR) is 103 cm³/mol. The van der Waals surface area contributed by atoms with Crippen LogP contribution >= 0.6 is 0 Å². The molecular weight excluding hydrogens is 288 g/mol. The molecule has 0 radical (unpaired) electrons. The van der Waals surface area contributed by atoms with Crippen LogP contribution in [0.3, 0.4) is 0 Å². The summed E-state index contributed by atoms with van der Waals surface area (Å²) < 4.78 is 0. The van der Waals surface area contributed by atoms with E-state index in [0.29, 0.717) is 5.92 Å². The van der Waals surface area contributed by atoms with Crippen LogP contribution in [0, 0.1) is 0 Å². The van der Waals surface area contributed by atoms with Crippen molar-refractivity contribution in [2.75, 3.05) is 0 Å². The minimum atomic E-state index is 0.309. The maximum Gasteiger partial charge on any atom is 0.0847 e. The number of benzene rings is 3. The Hall–Kier alpha value is -2.99. The van der Waals surface area contributed by atoms with Crippen molar-refractivity contribution in [3.05, 3.63) is 108 Å². The van der Waals surface area contributed by atoms with E-state index in [9.17, 15) is 0 Å². The van der Waals surface area contributed by atoms with Crippen LogP contribution in [0.25, 0.3) is 27.6 Å². The summed E-state index contributed by atoms with van der Waals surface area (Å²) >= 11 is 0. The second-order valence-electron chi connectivity index (χ2n) is 6.39. The summed E-state index contributed by atoms with van der Waals surface area (Å²) in [5.74, 6) is 0.309. The Morgan fingerprint density at radius 3 is 2.54 bits per heavy atom. The first-order valence-corrected chi connectivity index (χ1v) is 8.43. The van der Waals surface area contributed by atoms with Gasteiger partial charge in [-0.25, -0.2) is 0 Å². The molecule has 0 fully saturated rings. The third-order valence-corrected chi connectivity index (χ3v) is 5.05. The van der Waals surface area contributed by atoms with Gasteiger partial charge in [-0.2, -0.15) is 0 Å². The molecule has 1 aliphatic carbocycles. The Bertz CT molecular complexity index is 1050. The predicted octanol–water partition coefficient (Wildman–Crippen LogP) is 6.43. The highest BCUT2D eigenvalue weighted by molar-refractivity contribution is 5.99. The standard InChI is InChI=1S/C24H17/c1-4-10-20-17(7-1)15-16-23(20)24-21-11-5-2-8-18(21)13-14-19-9-3-6-12-22(19)24/h1-16,23H/q+1. The van der Waals surface area contributed by atoms with Gasteiger partial charge in [-0.05, 0) is 29.3 Å². The lowest BCUT2D eigenvalue weighted by atomic mass is 9.88. The number of hydrogen-bond acceptors (Lipinski definition) is 0. The van der Waals surface area contributed by atoms with Gasteiger partial charge < -0.3 is 0 Å². The smallest absolute Gasteiger partial charge is 0.0645 e. The van der Waals surface area contributed by atoms with Crippen molar-refractivity contribution in [1.82, 2.24) is 0 Å². The van der Waals surface area contributed by atoms with E-state index < -0.39 is 0 Å². The Morgan fingerprint density at radius 1 is 0.708 bits per heavy atom. The summed E-state index contributed by atoms with van der Waals surface area (Å²) in [5, 5.41) is 5.26. The average molecular weight is 305 g/mol. The SMILES string of the molecule is C1=CC(c2c3ccccc3cc[c+]3ccccc23)c2ccccc21. The van der Waals surface area contributed by atoms with Crippen LogP contribution in [0.15, 0.2) is 91.0 Å². The minimum Gasteiger partial charge on any atom is -0.0645 e. The largest absolute Gasteiger partial charge is 0.0847 e. The average Bonchev–Trinajstić information content (AvgIpc) is 2.98. The van der Waals surface area contributed by atoms with Crippen LogP contribution in [0.1, 0.15) is 22.6 Å². The molecule has 1 atom stereocenters. The minimum absolute atomic E-state index is 0.309. The summed E-state index contributed by atoms with van der Waals surface area (Å²) in [4.78, 5) is 0. The zero-order chi connectivity index (χ0) is 15.9. The van der Waals surface area contributed by atoms with Crippen LogP contribution in [0.2, 0.25) is 0 Å². The van der Waals surface area contributed by atoms with E-state index in [1.807, 2.05) is 0 Å². The fourth-order valence-electron chi connectivity index (χ4n) is 3.94. The Kier molecular flexibility index (Phi) is 2.96.